The number of carbonyl (C=O) groups is 1. The fourth-order valence-electron chi connectivity index (χ4n) is 1.97. The summed E-state index contributed by atoms with van der Waals surface area (Å²) in [5.41, 5.74) is 0. The molecule has 76 valence electrons. The fourth-order valence-corrected chi connectivity index (χ4v) is 1.97. The summed E-state index contributed by atoms with van der Waals surface area (Å²) in [6.07, 6.45) is 3.98. The molecule has 0 amide bonds. The number of hydrogen-bond acceptors (Lipinski definition) is 2. The van der Waals surface area contributed by atoms with Gasteiger partial charge in [0.2, 0.25) is 0 Å². The number of Topliss-reactive ketones (excluding diaryl/α,β-unsaturated/α-hetero) is 1. The van der Waals surface area contributed by atoms with Gasteiger partial charge in [-0.25, -0.2) is 0 Å². The number of carbonyl (C=O) groups excluding carboxylic acids is 1. The van der Waals surface area contributed by atoms with Gasteiger partial charge in [0.25, 0.3) is 0 Å². The van der Waals surface area contributed by atoms with E-state index in [2.05, 4.69) is 13.8 Å². The first-order valence-corrected chi connectivity index (χ1v) is 5.30. The van der Waals surface area contributed by atoms with Crippen molar-refractivity contribution in [2.75, 3.05) is 0 Å². The van der Waals surface area contributed by atoms with E-state index >= 15 is 0 Å². The van der Waals surface area contributed by atoms with Crippen molar-refractivity contribution in [3.05, 3.63) is 0 Å². The smallest absolute Gasteiger partial charge is 0.136 e. The van der Waals surface area contributed by atoms with Crippen molar-refractivity contribution in [1.82, 2.24) is 0 Å². The normalized spacial score (nSPS) is 29.2. The third kappa shape index (κ3) is 3.47. The maximum Gasteiger partial charge on any atom is 0.136 e. The maximum absolute atomic E-state index is 11.6. The molecule has 1 saturated carbocycles. The Bertz CT molecular complexity index is 167. The van der Waals surface area contributed by atoms with Crippen LogP contribution in [0.3, 0.4) is 0 Å². The van der Waals surface area contributed by atoms with Gasteiger partial charge in [0, 0.05) is 12.3 Å². The molecule has 0 spiro atoms. The summed E-state index contributed by atoms with van der Waals surface area (Å²) in [4.78, 5) is 11.6. The highest BCUT2D eigenvalue weighted by Gasteiger charge is 2.24. The average Bonchev–Trinajstić information content (AvgIpc) is 2.04. The first-order valence-electron chi connectivity index (χ1n) is 5.30. The van der Waals surface area contributed by atoms with E-state index in [1.807, 2.05) is 0 Å². The van der Waals surface area contributed by atoms with Crippen LogP contribution in [0.25, 0.3) is 0 Å². The van der Waals surface area contributed by atoms with Crippen LogP contribution in [-0.2, 0) is 4.79 Å². The molecule has 0 unspecified atom stereocenters. The molecule has 0 atom stereocenters. The van der Waals surface area contributed by atoms with Gasteiger partial charge in [-0.15, -0.1) is 0 Å². The Morgan fingerprint density at radius 1 is 1.31 bits per heavy atom. The van der Waals surface area contributed by atoms with Gasteiger partial charge >= 0.3 is 0 Å². The van der Waals surface area contributed by atoms with Crippen molar-refractivity contribution in [2.24, 2.45) is 11.8 Å². The quantitative estimate of drug-likeness (QED) is 0.729. The van der Waals surface area contributed by atoms with Crippen molar-refractivity contribution in [3.63, 3.8) is 0 Å². The van der Waals surface area contributed by atoms with E-state index < -0.39 is 0 Å². The summed E-state index contributed by atoms with van der Waals surface area (Å²) in [5, 5.41) is 9.28. The molecule has 0 saturated heterocycles. The van der Waals surface area contributed by atoms with E-state index in [0.29, 0.717) is 18.1 Å². The molecule has 0 aliphatic heterocycles. The molecule has 13 heavy (non-hydrogen) atoms. The summed E-state index contributed by atoms with van der Waals surface area (Å²) in [5.74, 6) is 1.12. The summed E-state index contributed by atoms with van der Waals surface area (Å²) in [6.45, 7) is 4.16. The topological polar surface area (TPSA) is 37.3 Å². The Morgan fingerprint density at radius 2 is 1.85 bits per heavy atom. The number of ketones is 1. The highest BCUT2D eigenvalue weighted by atomic mass is 16.3. The van der Waals surface area contributed by atoms with Crippen molar-refractivity contribution < 1.29 is 9.90 Å². The molecule has 0 heterocycles. The first-order chi connectivity index (χ1) is 6.09. The second-order valence-corrected chi connectivity index (χ2v) is 4.57. The lowest BCUT2D eigenvalue weighted by Crippen LogP contribution is -2.24. The van der Waals surface area contributed by atoms with Crippen LogP contribution in [0.1, 0.15) is 46.0 Å². The van der Waals surface area contributed by atoms with E-state index in [0.717, 1.165) is 25.7 Å². The molecular formula is C11H20O2. The Labute approximate surface area is 80.3 Å². The van der Waals surface area contributed by atoms with E-state index in [4.69, 9.17) is 0 Å². The van der Waals surface area contributed by atoms with Gasteiger partial charge in [-0.2, -0.15) is 0 Å². The van der Waals surface area contributed by atoms with E-state index in [-0.39, 0.29) is 12.0 Å². The van der Waals surface area contributed by atoms with Crippen LogP contribution in [0.4, 0.5) is 0 Å². The second-order valence-electron chi connectivity index (χ2n) is 4.57. The van der Waals surface area contributed by atoms with Crippen LogP contribution in [0, 0.1) is 11.8 Å². The van der Waals surface area contributed by atoms with Gasteiger partial charge in [-0.3, -0.25) is 4.79 Å². The standard InChI is InChI=1S/C11H20O2/c1-8(2)7-11(13)9-3-5-10(12)6-4-9/h8-10,12H,3-7H2,1-2H3. The SMILES string of the molecule is CC(C)CC(=O)C1CCC(O)CC1. The number of aliphatic hydroxyl groups is 1. The minimum Gasteiger partial charge on any atom is -0.393 e. The van der Waals surface area contributed by atoms with Crippen molar-refractivity contribution in [2.45, 2.75) is 52.1 Å². The fraction of sp³-hybridized carbons (Fsp3) is 0.909. The largest absolute Gasteiger partial charge is 0.393 e. The predicted molar refractivity (Wildman–Crippen MR) is 52.4 cm³/mol. The molecule has 0 bridgehead atoms. The lowest BCUT2D eigenvalue weighted by molar-refractivity contribution is -0.125. The molecule has 1 aliphatic carbocycles. The molecule has 0 aromatic heterocycles. The highest BCUT2D eigenvalue weighted by Crippen LogP contribution is 2.26. The minimum atomic E-state index is -0.150. The third-order valence-electron chi connectivity index (χ3n) is 2.76. The van der Waals surface area contributed by atoms with Crippen LogP contribution in [-0.4, -0.2) is 17.0 Å². The minimum absolute atomic E-state index is 0.150. The number of rotatable bonds is 3. The molecule has 1 aliphatic rings. The molecule has 1 N–H and O–H groups in total. The molecule has 0 aromatic carbocycles. The lowest BCUT2D eigenvalue weighted by Gasteiger charge is -2.24. The van der Waals surface area contributed by atoms with Crippen LogP contribution in [0.2, 0.25) is 0 Å². The van der Waals surface area contributed by atoms with Crippen LogP contribution in [0.5, 0.6) is 0 Å². The zero-order valence-corrected chi connectivity index (χ0v) is 8.62. The van der Waals surface area contributed by atoms with E-state index in [9.17, 15) is 9.90 Å². The lowest BCUT2D eigenvalue weighted by atomic mass is 9.82. The zero-order chi connectivity index (χ0) is 9.84. The average molecular weight is 184 g/mol. The van der Waals surface area contributed by atoms with Gasteiger partial charge in [0.05, 0.1) is 6.10 Å². The first kappa shape index (κ1) is 10.7. The van der Waals surface area contributed by atoms with Gasteiger partial charge in [0.15, 0.2) is 0 Å². The van der Waals surface area contributed by atoms with Gasteiger partial charge in [-0.1, -0.05) is 13.8 Å². The molecule has 1 rings (SSSR count). The van der Waals surface area contributed by atoms with E-state index in [1.54, 1.807) is 0 Å². The maximum atomic E-state index is 11.6. The van der Waals surface area contributed by atoms with Crippen LogP contribution >= 0.6 is 0 Å². The number of hydrogen-bond donors (Lipinski definition) is 1. The van der Waals surface area contributed by atoms with Crippen LogP contribution in [0.15, 0.2) is 0 Å². The molecule has 1 fully saturated rings. The van der Waals surface area contributed by atoms with E-state index in [1.165, 1.54) is 0 Å². The van der Waals surface area contributed by atoms with Crippen molar-refractivity contribution >= 4 is 5.78 Å². The Morgan fingerprint density at radius 3 is 2.31 bits per heavy atom. The van der Waals surface area contributed by atoms with Gasteiger partial charge in [0.1, 0.15) is 5.78 Å². The highest BCUT2D eigenvalue weighted by molar-refractivity contribution is 5.81. The third-order valence-corrected chi connectivity index (χ3v) is 2.76. The van der Waals surface area contributed by atoms with Gasteiger partial charge in [-0.05, 0) is 31.6 Å². The van der Waals surface area contributed by atoms with Gasteiger partial charge < -0.3 is 5.11 Å². The Kier molecular flexibility index (Phi) is 3.91. The molecule has 0 aromatic rings. The summed E-state index contributed by atoms with van der Waals surface area (Å²) >= 11 is 0. The molecule has 2 nitrogen and oxygen atoms in total. The molecule has 2 heteroatoms. The Hall–Kier alpha value is -0.370. The summed E-state index contributed by atoms with van der Waals surface area (Å²) in [7, 11) is 0. The van der Waals surface area contributed by atoms with Crippen molar-refractivity contribution in [1.29, 1.82) is 0 Å². The zero-order valence-electron chi connectivity index (χ0n) is 8.62. The molecular weight excluding hydrogens is 164 g/mol. The number of aliphatic hydroxyl groups excluding tert-OH is 1. The monoisotopic (exact) mass is 184 g/mol. The summed E-state index contributed by atoms with van der Waals surface area (Å²) in [6, 6.07) is 0. The Balaban J connectivity index is 2.31. The van der Waals surface area contributed by atoms with Crippen LogP contribution < -0.4 is 0 Å². The van der Waals surface area contributed by atoms with Crippen molar-refractivity contribution in [3.8, 4) is 0 Å². The predicted octanol–water partition coefficient (Wildman–Crippen LogP) is 2.15. The molecule has 0 radical (unpaired) electrons. The summed E-state index contributed by atoms with van der Waals surface area (Å²) < 4.78 is 0. The second kappa shape index (κ2) is 4.75.